The zero-order valence-corrected chi connectivity index (χ0v) is 11.1. The molecule has 94 valence electrons. The normalized spacial score (nSPS) is 12.6. The third-order valence-electron chi connectivity index (χ3n) is 2.65. The van der Waals surface area contributed by atoms with Crippen molar-refractivity contribution in [2.24, 2.45) is 11.7 Å². The van der Waals surface area contributed by atoms with E-state index in [4.69, 9.17) is 17.3 Å². The van der Waals surface area contributed by atoms with Crippen molar-refractivity contribution in [3.05, 3.63) is 23.0 Å². The van der Waals surface area contributed by atoms with Crippen molar-refractivity contribution in [2.45, 2.75) is 33.2 Å². The fraction of sp³-hybridized carbons (Fsp3) is 0.500. The number of nitrogens with two attached hydrogens (primary N) is 1. The number of aromatic nitrogens is 1. The lowest BCUT2D eigenvalue weighted by Gasteiger charge is -2.16. The van der Waals surface area contributed by atoms with Gasteiger partial charge in [0.05, 0.1) is 5.69 Å². The number of nitrogens with zero attached hydrogens (tertiary/aromatic N) is 1. The van der Waals surface area contributed by atoms with Crippen LogP contribution >= 0.6 is 11.6 Å². The van der Waals surface area contributed by atoms with Gasteiger partial charge in [0, 0.05) is 18.7 Å². The molecule has 0 spiro atoms. The largest absolute Gasteiger partial charge is 0.327 e. The van der Waals surface area contributed by atoms with Crippen LogP contribution in [0, 0.1) is 12.8 Å². The average Bonchev–Trinajstić information content (AvgIpc) is 2.23. The lowest BCUT2D eigenvalue weighted by Crippen LogP contribution is -2.31. The first-order valence-electron chi connectivity index (χ1n) is 5.58. The van der Waals surface area contributed by atoms with Crippen molar-refractivity contribution in [1.29, 1.82) is 0 Å². The molecule has 1 unspecified atom stereocenters. The van der Waals surface area contributed by atoms with E-state index in [9.17, 15) is 4.79 Å². The van der Waals surface area contributed by atoms with Crippen LogP contribution in [-0.4, -0.2) is 16.9 Å². The van der Waals surface area contributed by atoms with Crippen LogP contribution in [0.3, 0.4) is 0 Å². The number of rotatable bonds is 4. The van der Waals surface area contributed by atoms with E-state index in [1.165, 1.54) is 0 Å². The number of anilines is 1. The highest BCUT2D eigenvalue weighted by Crippen LogP contribution is 2.23. The molecule has 1 amide bonds. The summed E-state index contributed by atoms with van der Waals surface area (Å²) in [4.78, 5) is 15.7. The van der Waals surface area contributed by atoms with Gasteiger partial charge >= 0.3 is 0 Å². The summed E-state index contributed by atoms with van der Waals surface area (Å²) in [6.07, 6.45) is 1.88. The van der Waals surface area contributed by atoms with Crippen LogP contribution in [0.1, 0.15) is 25.8 Å². The molecule has 0 saturated heterocycles. The van der Waals surface area contributed by atoms with E-state index in [1.807, 2.05) is 20.8 Å². The lowest BCUT2D eigenvalue weighted by molar-refractivity contribution is -0.116. The monoisotopic (exact) mass is 255 g/mol. The number of pyridine rings is 1. The van der Waals surface area contributed by atoms with Crippen LogP contribution in [0.4, 0.5) is 5.69 Å². The Kier molecular flexibility index (Phi) is 4.90. The second kappa shape index (κ2) is 5.98. The highest BCUT2D eigenvalue weighted by Gasteiger charge is 2.15. The Hall–Kier alpha value is -1.13. The third kappa shape index (κ3) is 3.98. The molecule has 0 bridgehead atoms. The minimum Gasteiger partial charge on any atom is -0.327 e. The fourth-order valence-electron chi connectivity index (χ4n) is 1.32. The number of carbonyl (C=O) groups is 1. The minimum absolute atomic E-state index is 0.135. The van der Waals surface area contributed by atoms with Crippen molar-refractivity contribution < 1.29 is 4.79 Å². The van der Waals surface area contributed by atoms with Gasteiger partial charge in [-0.1, -0.05) is 25.4 Å². The fourth-order valence-corrected chi connectivity index (χ4v) is 1.57. The summed E-state index contributed by atoms with van der Waals surface area (Å²) in [6, 6.07) is 1.65. The summed E-state index contributed by atoms with van der Waals surface area (Å²) in [5, 5.41) is 3.05. The Morgan fingerprint density at radius 2 is 2.24 bits per heavy atom. The second-order valence-electron chi connectivity index (χ2n) is 4.45. The van der Waals surface area contributed by atoms with Gasteiger partial charge in [0.1, 0.15) is 0 Å². The molecule has 1 heterocycles. The Bertz CT molecular complexity index is 386. The minimum atomic E-state index is -0.147. The lowest BCUT2D eigenvalue weighted by atomic mass is 10.0. The smallest absolute Gasteiger partial charge is 0.226 e. The molecule has 0 aliphatic rings. The van der Waals surface area contributed by atoms with Crippen LogP contribution in [0.2, 0.25) is 5.15 Å². The molecule has 1 atom stereocenters. The highest BCUT2D eigenvalue weighted by molar-refractivity contribution is 6.32. The quantitative estimate of drug-likeness (QED) is 0.812. The maximum absolute atomic E-state index is 11.8. The van der Waals surface area contributed by atoms with Crippen LogP contribution in [0.15, 0.2) is 12.3 Å². The number of amides is 1. The highest BCUT2D eigenvalue weighted by atomic mass is 35.5. The van der Waals surface area contributed by atoms with Gasteiger partial charge < -0.3 is 11.1 Å². The summed E-state index contributed by atoms with van der Waals surface area (Å²) in [5.41, 5.74) is 7.29. The Labute approximate surface area is 107 Å². The summed E-state index contributed by atoms with van der Waals surface area (Å²) in [6.45, 7) is 5.84. The standard InChI is InChI=1S/C12H18ClN3O/c1-7(2)9(14)6-10(17)16-11-8(3)4-5-15-12(11)13/h4-5,7,9H,6,14H2,1-3H3,(H,16,17). The van der Waals surface area contributed by atoms with Crippen LogP contribution in [0.25, 0.3) is 0 Å². The molecule has 0 aliphatic carbocycles. The molecule has 4 nitrogen and oxygen atoms in total. The van der Waals surface area contributed by atoms with Crippen molar-refractivity contribution in [3.63, 3.8) is 0 Å². The predicted molar refractivity (Wildman–Crippen MR) is 70.0 cm³/mol. The van der Waals surface area contributed by atoms with E-state index in [2.05, 4.69) is 10.3 Å². The van der Waals surface area contributed by atoms with E-state index in [0.29, 0.717) is 10.8 Å². The molecule has 3 N–H and O–H groups in total. The van der Waals surface area contributed by atoms with Gasteiger partial charge in [0.15, 0.2) is 5.15 Å². The first kappa shape index (κ1) is 13.9. The number of carbonyl (C=O) groups excluding carboxylic acids is 1. The first-order chi connectivity index (χ1) is 7.91. The van der Waals surface area contributed by atoms with Gasteiger partial charge in [0.2, 0.25) is 5.91 Å². The third-order valence-corrected chi connectivity index (χ3v) is 2.94. The first-order valence-corrected chi connectivity index (χ1v) is 5.96. The Morgan fingerprint density at radius 1 is 1.59 bits per heavy atom. The molecule has 17 heavy (non-hydrogen) atoms. The van der Waals surface area contributed by atoms with E-state index < -0.39 is 0 Å². The number of halogens is 1. The molecule has 5 heteroatoms. The van der Waals surface area contributed by atoms with Crippen molar-refractivity contribution >= 4 is 23.2 Å². The van der Waals surface area contributed by atoms with Crippen LogP contribution in [0.5, 0.6) is 0 Å². The zero-order chi connectivity index (χ0) is 13.0. The van der Waals surface area contributed by atoms with Gasteiger partial charge in [-0.05, 0) is 24.5 Å². The van der Waals surface area contributed by atoms with E-state index in [-0.39, 0.29) is 24.3 Å². The van der Waals surface area contributed by atoms with Gasteiger partial charge in [-0.2, -0.15) is 0 Å². The molecule has 0 radical (unpaired) electrons. The van der Waals surface area contributed by atoms with Crippen LogP contribution in [-0.2, 0) is 4.79 Å². The molecular weight excluding hydrogens is 238 g/mol. The molecule has 0 saturated carbocycles. The van der Waals surface area contributed by atoms with E-state index >= 15 is 0 Å². The number of hydrogen-bond donors (Lipinski definition) is 2. The molecule has 1 aromatic heterocycles. The number of hydrogen-bond acceptors (Lipinski definition) is 3. The molecule has 0 aromatic carbocycles. The zero-order valence-electron chi connectivity index (χ0n) is 10.3. The molecule has 0 aliphatic heterocycles. The Morgan fingerprint density at radius 3 is 2.76 bits per heavy atom. The summed E-state index contributed by atoms with van der Waals surface area (Å²) in [5.74, 6) is 0.135. The van der Waals surface area contributed by atoms with Crippen LogP contribution < -0.4 is 11.1 Å². The maximum Gasteiger partial charge on any atom is 0.226 e. The molecular formula is C12H18ClN3O. The topological polar surface area (TPSA) is 68.0 Å². The predicted octanol–water partition coefficient (Wildman–Crippen LogP) is 2.36. The van der Waals surface area contributed by atoms with Crippen molar-refractivity contribution in [3.8, 4) is 0 Å². The van der Waals surface area contributed by atoms with Crippen molar-refractivity contribution in [1.82, 2.24) is 4.98 Å². The average molecular weight is 256 g/mol. The van der Waals surface area contributed by atoms with Gasteiger partial charge in [-0.25, -0.2) is 4.98 Å². The molecule has 1 aromatic rings. The number of aryl methyl sites for hydroxylation is 1. The van der Waals surface area contributed by atoms with Gasteiger partial charge in [0.25, 0.3) is 0 Å². The Balaban J connectivity index is 2.69. The van der Waals surface area contributed by atoms with Crippen molar-refractivity contribution in [2.75, 3.05) is 5.32 Å². The molecule has 1 rings (SSSR count). The number of nitrogens with one attached hydrogen (secondary N) is 1. The second-order valence-corrected chi connectivity index (χ2v) is 4.81. The van der Waals surface area contributed by atoms with Gasteiger partial charge in [-0.3, -0.25) is 4.79 Å². The maximum atomic E-state index is 11.8. The summed E-state index contributed by atoms with van der Waals surface area (Å²) < 4.78 is 0. The van der Waals surface area contributed by atoms with E-state index in [0.717, 1.165) is 5.56 Å². The molecule has 0 fully saturated rings. The SMILES string of the molecule is Cc1ccnc(Cl)c1NC(=O)CC(N)C(C)C. The summed E-state index contributed by atoms with van der Waals surface area (Å²) in [7, 11) is 0. The van der Waals surface area contributed by atoms with Gasteiger partial charge in [-0.15, -0.1) is 0 Å². The summed E-state index contributed by atoms with van der Waals surface area (Å²) >= 11 is 5.92. The van der Waals surface area contributed by atoms with E-state index in [1.54, 1.807) is 12.3 Å².